The van der Waals surface area contributed by atoms with Gasteiger partial charge in [-0.05, 0) is 55.3 Å². The highest BCUT2D eigenvalue weighted by atomic mass is 16.5. The van der Waals surface area contributed by atoms with E-state index in [4.69, 9.17) is 4.74 Å². The number of nitrogens with one attached hydrogen (secondary N) is 1. The molecule has 1 N–H and O–H groups in total. The fourth-order valence-electron chi connectivity index (χ4n) is 2.49. The van der Waals surface area contributed by atoms with Gasteiger partial charge < -0.3 is 10.1 Å². The molecule has 1 heterocycles. The number of carbonyl (C=O) groups is 1. The topological polar surface area (TPSA) is 38.3 Å². The zero-order valence-electron chi connectivity index (χ0n) is 11.6. The van der Waals surface area contributed by atoms with Crippen molar-refractivity contribution in [3.8, 4) is 5.75 Å². The quantitative estimate of drug-likeness (QED) is 0.903. The molecular formula is C17H17NO2. The molecule has 0 radical (unpaired) electrons. The maximum atomic E-state index is 12.3. The van der Waals surface area contributed by atoms with Crippen molar-refractivity contribution in [2.45, 2.75) is 26.4 Å². The van der Waals surface area contributed by atoms with Crippen LogP contribution in [0.5, 0.6) is 5.75 Å². The van der Waals surface area contributed by atoms with E-state index in [-0.39, 0.29) is 12.0 Å². The Morgan fingerprint density at radius 2 is 2.10 bits per heavy atom. The van der Waals surface area contributed by atoms with E-state index in [1.165, 1.54) is 0 Å². The van der Waals surface area contributed by atoms with Gasteiger partial charge in [0.15, 0.2) is 0 Å². The van der Waals surface area contributed by atoms with Gasteiger partial charge in [-0.25, -0.2) is 0 Å². The third kappa shape index (κ3) is 2.52. The Hall–Kier alpha value is -2.29. The van der Waals surface area contributed by atoms with E-state index in [2.05, 4.69) is 5.32 Å². The molecule has 0 fully saturated rings. The summed E-state index contributed by atoms with van der Waals surface area (Å²) in [5, 5.41) is 2.92. The third-order valence-electron chi connectivity index (χ3n) is 3.43. The molecule has 20 heavy (non-hydrogen) atoms. The number of carbonyl (C=O) groups excluding carboxylic acids is 1. The van der Waals surface area contributed by atoms with Crippen LogP contribution in [0, 0.1) is 6.92 Å². The molecule has 0 spiro atoms. The molecule has 0 saturated heterocycles. The molecule has 3 nitrogen and oxygen atoms in total. The van der Waals surface area contributed by atoms with Crippen LogP contribution >= 0.6 is 0 Å². The third-order valence-corrected chi connectivity index (χ3v) is 3.43. The van der Waals surface area contributed by atoms with E-state index in [0.29, 0.717) is 5.56 Å². The maximum Gasteiger partial charge on any atom is 0.255 e. The van der Waals surface area contributed by atoms with Crippen molar-refractivity contribution in [3.63, 3.8) is 0 Å². The fourth-order valence-corrected chi connectivity index (χ4v) is 2.49. The average molecular weight is 267 g/mol. The maximum absolute atomic E-state index is 12.3. The minimum absolute atomic E-state index is 0.0852. The van der Waals surface area contributed by atoms with Crippen LogP contribution in [-0.2, 0) is 6.42 Å². The Balaban J connectivity index is 1.80. The van der Waals surface area contributed by atoms with E-state index >= 15 is 0 Å². The number of hydrogen-bond acceptors (Lipinski definition) is 2. The minimum Gasteiger partial charge on any atom is -0.490 e. The van der Waals surface area contributed by atoms with Crippen LogP contribution in [0.1, 0.15) is 28.4 Å². The molecular weight excluding hydrogens is 250 g/mol. The van der Waals surface area contributed by atoms with E-state index in [1.807, 2.05) is 56.3 Å². The Bertz CT molecular complexity index is 664. The first-order chi connectivity index (χ1) is 9.61. The number of benzene rings is 2. The number of aryl methyl sites for hydroxylation is 1. The lowest BCUT2D eigenvalue weighted by atomic mass is 10.1. The van der Waals surface area contributed by atoms with Crippen molar-refractivity contribution in [3.05, 3.63) is 59.2 Å². The molecule has 3 rings (SSSR count). The zero-order chi connectivity index (χ0) is 14.1. The smallest absolute Gasteiger partial charge is 0.255 e. The van der Waals surface area contributed by atoms with Gasteiger partial charge in [-0.2, -0.15) is 0 Å². The highest BCUT2D eigenvalue weighted by molar-refractivity contribution is 6.04. The largest absolute Gasteiger partial charge is 0.490 e. The van der Waals surface area contributed by atoms with E-state index in [9.17, 15) is 4.79 Å². The van der Waals surface area contributed by atoms with Crippen molar-refractivity contribution in [1.29, 1.82) is 0 Å². The second-order valence-corrected chi connectivity index (χ2v) is 5.28. The van der Waals surface area contributed by atoms with Crippen LogP contribution in [0.15, 0.2) is 42.5 Å². The first-order valence-electron chi connectivity index (χ1n) is 6.79. The van der Waals surface area contributed by atoms with E-state index in [0.717, 1.165) is 29.0 Å². The summed E-state index contributed by atoms with van der Waals surface area (Å²) in [6.07, 6.45) is 1.06. The van der Waals surface area contributed by atoms with Crippen molar-refractivity contribution in [2.75, 3.05) is 5.32 Å². The van der Waals surface area contributed by atoms with Gasteiger partial charge in [0.05, 0.1) is 0 Å². The number of ether oxygens (including phenoxy) is 1. The van der Waals surface area contributed by atoms with Crippen molar-refractivity contribution in [1.82, 2.24) is 0 Å². The van der Waals surface area contributed by atoms with Crippen molar-refractivity contribution < 1.29 is 9.53 Å². The highest BCUT2D eigenvalue weighted by Gasteiger charge is 2.20. The Morgan fingerprint density at radius 3 is 2.90 bits per heavy atom. The normalized spacial score (nSPS) is 16.4. The zero-order valence-corrected chi connectivity index (χ0v) is 11.6. The van der Waals surface area contributed by atoms with Crippen LogP contribution < -0.4 is 10.1 Å². The summed E-state index contributed by atoms with van der Waals surface area (Å²) in [4.78, 5) is 12.3. The Morgan fingerprint density at radius 1 is 1.25 bits per heavy atom. The number of anilines is 1. The first kappa shape index (κ1) is 12.7. The monoisotopic (exact) mass is 267 g/mol. The Kier molecular flexibility index (Phi) is 3.18. The fraction of sp³-hybridized carbons (Fsp3) is 0.235. The molecule has 2 aromatic rings. The SMILES string of the molecule is Cc1cccc(NC(=O)c2ccc3c(c2)C[C@H](C)O3)c1. The molecule has 0 aliphatic carbocycles. The van der Waals surface area contributed by atoms with Gasteiger partial charge in [0.1, 0.15) is 11.9 Å². The highest BCUT2D eigenvalue weighted by Crippen LogP contribution is 2.29. The van der Waals surface area contributed by atoms with Crippen LogP contribution in [0.4, 0.5) is 5.69 Å². The van der Waals surface area contributed by atoms with Crippen LogP contribution in [0.3, 0.4) is 0 Å². The summed E-state index contributed by atoms with van der Waals surface area (Å²) < 4.78 is 5.64. The van der Waals surface area contributed by atoms with Gasteiger partial charge in [0, 0.05) is 17.7 Å². The molecule has 102 valence electrons. The van der Waals surface area contributed by atoms with Gasteiger partial charge in [-0.3, -0.25) is 4.79 Å². The van der Waals surface area contributed by atoms with Crippen LogP contribution in [-0.4, -0.2) is 12.0 Å². The average Bonchev–Trinajstić information content (AvgIpc) is 2.77. The molecule has 0 aromatic heterocycles. The number of fused-ring (bicyclic) bond motifs is 1. The van der Waals surface area contributed by atoms with Gasteiger partial charge in [-0.15, -0.1) is 0 Å². The Labute approximate surface area is 118 Å². The van der Waals surface area contributed by atoms with Gasteiger partial charge in [0.25, 0.3) is 5.91 Å². The predicted molar refractivity (Wildman–Crippen MR) is 79.4 cm³/mol. The summed E-state index contributed by atoms with van der Waals surface area (Å²) in [6.45, 7) is 4.04. The van der Waals surface area contributed by atoms with Crippen LogP contribution in [0.2, 0.25) is 0 Å². The molecule has 3 heteroatoms. The molecule has 2 aromatic carbocycles. The molecule has 0 unspecified atom stereocenters. The molecule has 1 aliphatic rings. The van der Waals surface area contributed by atoms with Crippen molar-refractivity contribution >= 4 is 11.6 Å². The second kappa shape index (κ2) is 5.00. The first-order valence-corrected chi connectivity index (χ1v) is 6.79. The second-order valence-electron chi connectivity index (χ2n) is 5.28. The lowest BCUT2D eigenvalue weighted by Gasteiger charge is -2.07. The summed E-state index contributed by atoms with van der Waals surface area (Å²) in [5.41, 5.74) is 3.72. The lowest BCUT2D eigenvalue weighted by molar-refractivity contribution is 0.102. The summed E-state index contributed by atoms with van der Waals surface area (Å²) >= 11 is 0. The predicted octanol–water partition coefficient (Wildman–Crippen LogP) is 3.57. The van der Waals surface area contributed by atoms with Gasteiger partial charge in [0.2, 0.25) is 0 Å². The van der Waals surface area contributed by atoms with E-state index in [1.54, 1.807) is 0 Å². The summed E-state index contributed by atoms with van der Waals surface area (Å²) in [6, 6.07) is 13.4. The molecule has 0 bridgehead atoms. The van der Waals surface area contributed by atoms with Gasteiger partial charge >= 0.3 is 0 Å². The van der Waals surface area contributed by atoms with Crippen molar-refractivity contribution in [2.24, 2.45) is 0 Å². The van der Waals surface area contributed by atoms with E-state index < -0.39 is 0 Å². The van der Waals surface area contributed by atoms with Gasteiger partial charge in [-0.1, -0.05) is 12.1 Å². The number of rotatable bonds is 2. The number of amides is 1. The summed E-state index contributed by atoms with van der Waals surface area (Å²) in [5.74, 6) is 0.808. The van der Waals surface area contributed by atoms with Crippen LogP contribution in [0.25, 0.3) is 0 Å². The lowest BCUT2D eigenvalue weighted by Crippen LogP contribution is -2.12. The molecule has 1 amide bonds. The molecule has 1 aliphatic heterocycles. The molecule has 0 saturated carbocycles. The molecule has 1 atom stereocenters. The number of hydrogen-bond donors (Lipinski definition) is 1. The minimum atomic E-state index is -0.0852. The standard InChI is InChI=1S/C17H17NO2/c1-11-4-3-5-15(8-11)18-17(19)13-6-7-16-14(10-13)9-12(2)20-16/h3-8,10,12H,9H2,1-2H3,(H,18,19)/t12-/m0/s1. The summed E-state index contributed by atoms with van der Waals surface area (Å²) in [7, 11) is 0.